The summed E-state index contributed by atoms with van der Waals surface area (Å²) < 4.78 is 1.03. The van der Waals surface area contributed by atoms with Crippen molar-refractivity contribution in [3.8, 4) is 0 Å². The molecule has 0 saturated heterocycles. The van der Waals surface area contributed by atoms with Crippen LogP contribution in [0.1, 0.15) is 19.4 Å². The molecular formula is C11H15BrN2. The van der Waals surface area contributed by atoms with Crippen molar-refractivity contribution in [3.63, 3.8) is 0 Å². The molecule has 0 aliphatic rings. The summed E-state index contributed by atoms with van der Waals surface area (Å²) in [7, 11) is 1.80. The van der Waals surface area contributed by atoms with Gasteiger partial charge in [-0.15, -0.1) is 0 Å². The topological polar surface area (TPSA) is 38.4 Å². The molecule has 0 spiro atoms. The molecule has 76 valence electrons. The van der Waals surface area contributed by atoms with E-state index in [2.05, 4.69) is 34.8 Å². The van der Waals surface area contributed by atoms with Crippen LogP contribution in [-0.2, 0) is 0 Å². The van der Waals surface area contributed by atoms with Gasteiger partial charge < -0.3 is 5.73 Å². The Hall–Kier alpha value is -0.830. The first-order valence-electron chi connectivity index (χ1n) is 4.58. The predicted octanol–water partition coefficient (Wildman–Crippen LogP) is 3.11. The minimum atomic E-state index is 0.386. The molecule has 0 fully saturated rings. The minimum Gasteiger partial charge on any atom is -0.398 e. The summed E-state index contributed by atoms with van der Waals surface area (Å²) in [6.45, 7) is 4.23. The van der Waals surface area contributed by atoms with Crippen LogP contribution >= 0.6 is 15.9 Å². The van der Waals surface area contributed by atoms with Gasteiger partial charge in [-0.3, -0.25) is 4.99 Å². The number of hydrogen-bond donors (Lipinski definition) is 1. The lowest BCUT2D eigenvalue weighted by molar-refractivity contribution is 0.882. The number of benzene rings is 1. The molecule has 0 aliphatic heterocycles. The fourth-order valence-corrected chi connectivity index (χ4v) is 1.80. The molecule has 1 aromatic carbocycles. The highest BCUT2D eigenvalue weighted by molar-refractivity contribution is 9.10. The summed E-state index contributed by atoms with van der Waals surface area (Å²) >= 11 is 3.43. The second kappa shape index (κ2) is 4.60. The zero-order valence-electron chi connectivity index (χ0n) is 8.71. The van der Waals surface area contributed by atoms with Crippen LogP contribution in [0.4, 0.5) is 5.69 Å². The fourth-order valence-electron chi connectivity index (χ4n) is 1.44. The molecule has 0 radical (unpaired) electrons. The fraction of sp³-hybridized carbons (Fsp3) is 0.364. The van der Waals surface area contributed by atoms with E-state index in [1.807, 2.05) is 18.2 Å². The summed E-state index contributed by atoms with van der Waals surface area (Å²) in [6, 6.07) is 5.84. The van der Waals surface area contributed by atoms with Crippen LogP contribution in [-0.4, -0.2) is 12.8 Å². The van der Waals surface area contributed by atoms with Crippen molar-refractivity contribution in [1.29, 1.82) is 0 Å². The summed E-state index contributed by atoms with van der Waals surface area (Å²) in [6.07, 6.45) is 0. The maximum atomic E-state index is 5.90. The van der Waals surface area contributed by atoms with Gasteiger partial charge in [-0.1, -0.05) is 29.8 Å². The van der Waals surface area contributed by atoms with E-state index < -0.39 is 0 Å². The molecule has 14 heavy (non-hydrogen) atoms. The Kier molecular flexibility index (Phi) is 3.69. The number of hydrogen-bond acceptors (Lipinski definition) is 2. The van der Waals surface area contributed by atoms with Gasteiger partial charge in [0.25, 0.3) is 0 Å². The van der Waals surface area contributed by atoms with Crippen molar-refractivity contribution in [2.24, 2.45) is 10.9 Å². The summed E-state index contributed by atoms with van der Waals surface area (Å²) in [4.78, 5) is 4.28. The van der Waals surface area contributed by atoms with E-state index >= 15 is 0 Å². The van der Waals surface area contributed by atoms with Crippen molar-refractivity contribution in [2.75, 3.05) is 12.8 Å². The largest absolute Gasteiger partial charge is 0.398 e. The van der Waals surface area contributed by atoms with E-state index in [0.717, 1.165) is 21.4 Å². The maximum absolute atomic E-state index is 5.90. The molecular weight excluding hydrogens is 240 g/mol. The van der Waals surface area contributed by atoms with Gasteiger partial charge >= 0.3 is 0 Å². The molecule has 0 bridgehead atoms. The third-order valence-electron chi connectivity index (χ3n) is 2.08. The second-order valence-electron chi connectivity index (χ2n) is 3.50. The second-order valence-corrected chi connectivity index (χ2v) is 4.41. The minimum absolute atomic E-state index is 0.386. The first-order valence-corrected chi connectivity index (χ1v) is 5.37. The van der Waals surface area contributed by atoms with Crippen molar-refractivity contribution in [2.45, 2.75) is 13.8 Å². The third-order valence-corrected chi connectivity index (χ3v) is 2.57. The Morgan fingerprint density at radius 3 is 2.57 bits per heavy atom. The standard InChI is InChI=1S/C11H15BrN2/c1-7(2)11(14-3)9-6-8(12)4-5-10(9)13/h4-7H,13H2,1-3H3. The van der Waals surface area contributed by atoms with Crippen molar-refractivity contribution < 1.29 is 0 Å². The van der Waals surface area contributed by atoms with Gasteiger partial charge in [-0.05, 0) is 24.1 Å². The molecule has 0 aromatic heterocycles. The molecule has 2 nitrogen and oxygen atoms in total. The lowest BCUT2D eigenvalue weighted by Gasteiger charge is -2.12. The number of anilines is 1. The Balaban J connectivity index is 3.23. The monoisotopic (exact) mass is 254 g/mol. The Labute approximate surface area is 93.4 Å². The van der Waals surface area contributed by atoms with Crippen LogP contribution in [0.2, 0.25) is 0 Å². The first-order chi connectivity index (χ1) is 6.56. The Bertz CT molecular complexity index is 356. The SMILES string of the molecule is CN=C(c1cc(Br)ccc1N)C(C)C. The van der Waals surface area contributed by atoms with E-state index in [9.17, 15) is 0 Å². The first kappa shape index (κ1) is 11.2. The van der Waals surface area contributed by atoms with Crippen LogP contribution in [0.5, 0.6) is 0 Å². The average Bonchev–Trinajstić information content (AvgIpc) is 2.11. The normalized spacial score (nSPS) is 12.2. The predicted molar refractivity (Wildman–Crippen MR) is 65.9 cm³/mol. The Morgan fingerprint density at radius 2 is 2.07 bits per heavy atom. The zero-order valence-corrected chi connectivity index (χ0v) is 10.3. The molecule has 0 heterocycles. The van der Waals surface area contributed by atoms with Gasteiger partial charge in [-0.25, -0.2) is 0 Å². The molecule has 0 saturated carbocycles. The highest BCUT2D eigenvalue weighted by atomic mass is 79.9. The molecule has 0 amide bonds. The van der Waals surface area contributed by atoms with Gasteiger partial charge in [0.1, 0.15) is 0 Å². The maximum Gasteiger partial charge on any atom is 0.0463 e. The number of nitrogen functional groups attached to an aromatic ring is 1. The van der Waals surface area contributed by atoms with Crippen LogP contribution in [0.3, 0.4) is 0 Å². The van der Waals surface area contributed by atoms with Gasteiger partial charge in [-0.2, -0.15) is 0 Å². The number of nitrogens with two attached hydrogens (primary N) is 1. The van der Waals surface area contributed by atoms with E-state index in [-0.39, 0.29) is 0 Å². The average molecular weight is 255 g/mol. The van der Waals surface area contributed by atoms with Gasteiger partial charge in [0.2, 0.25) is 0 Å². The van der Waals surface area contributed by atoms with Crippen molar-refractivity contribution in [1.82, 2.24) is 0 Å². The summed E-state index contributed by atoms with van der Waals surface area (Å²) in [5.41, 5.74) is 8.75. The van der Waals surface area contributed by atoms with Crippen LogP contribution in [0, 0.1) is 5.92 Å². The number of rotatable bonds is 2. The molecule has 0 unspecified atom stereocenters. The third kappa shape index (κ3) is 2.35. The van der Waals surface area contributed by atoms with Gasteiger partial charge in [0, 0.05) is 28.5 Å². The van der Waals surface area contributed by atoms with Crippen LogP contribution in [0.15, 0.2) is 27.7 Å². The molecule has 2 N–H and O–H groups in total. The van der Waals surface area contributed by atoms with Crippen molar-refractivity contribution >= 4 is 27.3 Å². The summed E-state index contributed by atoms with van der Waals surface area (Å²) in [5.74, 6) is 0.386. The number of nitrogens with zero attached hydrogens (tertiary/aromatic N) is 1. The molecule has 0 aliphatic carbocycles. The molecule has 1 aromatic rings. The lowest BCUT2D eigenvalue weighted by atomic mass is 9.98. The quantitative estimate of drug-likeness (QED) is 0.640. The highest BCUT2D eigenvalue weighted by Gasteiger charge is 2.10. The molecule has 1 rings (SSSR count). The number of aliphatic imine (C=N–C) groups is 1. The van der Waals surface area contributed by atoms with E-state index in [1.165, 1.54) is 0 Å². The van der Waals surface area contributed by atoms with E-state index in [1.54, 1.807) is 7.05 Å². The molecule has 3 heteroatoms. The number of halogens is 1. The Morgan fingerprint density at radius 1 is 1.43 bits per heavy atom. The van der Waals surface area contributed by atoms with Crippen molar-refractivity contribution in [3.05, 3.63) is 28.2 Å². The lowest BCUT2D eigenvalue weighted by Crippen LogP contribution is -2.11. The van der Waals surface area contributed by atoms with Crippen LogP contribution in [0.25, 0.3) is 0 Å². The van der Waals surface area contributed by atoms with E-state index in [0.29, 0.717) is 5.92 Å². The van der Waals surface area contributed by atoms with Crippen LogP contribution < -0.4 is 5.73 Å². The smallest absolute Gasteiger partial charge is 0.0463 e. The highest BCUT2D eigenvalue weighted by Crippen LogP contribution is 2.21. The molecule has 0 atom stereocenters. The zero-order chi connectivity index (χ0) is 10.7. The van der Waals surface area contributed by atoms with Gasteiger partial charge in [0.15, 0.2) is 0 Å². The van der Waals surface area contributed by atoms with E-state index in [4.69, 9.17) is 5.73 Å². The van der Waals surface area contributed by atoms with Gasteiger partial charge in [0.05, 0.1) is 0 Å². The summed E-state index contributed by atoms with van der Waals surface area (Å²) in [5, 5.41) is 0.